The van der Waals surface area contributed by atoms with E-state index >= 15 is 0 Å². The average molecular weight is 338 g/mol. The molecule has 0 aromatic carbocycles. The van der Waals surface area contributed by atoms with Gasteiger partial charge in [0.2, 0.25) is 0 Å². The number of hydrogen-bond donors (Lipinski definition) is 0. The van der Waals surface area contributed by atoms with E-state index in [1.54, 1.807) is 0 Å². The molecule has 0 aliphatic carbocycles. The predicted molar refractivity (Wildman–Crippen MR) is 93.9 cm³/mol. The van der Waals surface area contributed by atoms with Crippen molar-refractivity contribution < 1.29 is 14.3 Å². The van der Waals surface area contributed by atoms with E-state index in [1.165, 1.54) is 12.8 Å². The number of ether oxygens (including phenoxy) is 2. The fraction of sp³-hybridized carbons (Fsp3) is 0.947. The third-order valence-electron chi connectivity index (χ3n) is 5.94. The summed E-state index contributed by atoms with van der Waals surface area (Å²) in [5.74, 6) is 0.396. The topological polar surface area (TPSA) is 42.0 Å². The Balaban J connectivity index is 1.62. The first kappa shape index (κ1) is 18.2. The summed E-state index contributed by atoms with van der Waals surface area (Å²) in [6.07, 6.45) is 6.73. The van der Waals surface area contributed by atoms with Crippen LogP contribution in [0, 0.1) is 5.92 Å². The molecule has 0 bridgehead atoms. The van der Waals surface area contributed by atoms with Gasteiger partial charge in [-0.15, -0.1) is 0 Å². The summed E-state index contributed by atoms with van der Waals surface area (Å²) in [4.78, 5) is 17.8. The molecule has 3 aliphatic rings. The van der Waals surface area contributed by atoms with Gasteiger partial charge >= 0.3 is 0 Å². The van der Waals surface area contributed by atoms with Crippen LogP contribution in [0.25, 0.3) is 0 Å². The maximum absolute atomic E-state index is 13.2. The number of carbonyl (C=O) groups excluding carboxylic acids is 1. The van der Waals surface area contributed by atoms with Gasteiger partial charge in [0.1, 0.15) is 6.10 Å². The fourth-order valence-corrected chi connectivity index (χ4v) is 4.59. The molecule has 5 heteroatoms. The van der Waals surface area contributed by atoms with Crippen LogP contribution < -0.4 is 0 Å². The molecule has 3 rings (SSSR count). The van der Waals surface area contributed by atoms with E-state index in [2.05, 4.69) is 30.7 Å². The Hall–Kier alpha value is -0.650. The molecule has 3 aliphatic heterocycles. The summed E-state index contributed by atoms with van der Waals surface area (Å²) in [7, 11) is 2.20. The molecule has 0 aromatic heterocycles. The van der Waals surface area contributed by atoms with Crippen LogP contribution in [0.2, 0.25) is 0 Å². The van der Waals surface area contributed by atoms with E-state index in [-0.39, 0.29) is 24.0 Å². The molecule has 0 radical (unpaired) electrons. The minimum Gasteiger partial charge on any atom is -0.376 e. The first-order valence-corrected chi connectivity index (χ1v) is 9.82. The smallest absolute Gasteiger partial charge is 0.252 e. The molecule has 0 saturated carbocycles. The van der Waals surface area contributed by atoms with E-state index in [0.717, 1.165) is 45.4 Å². The van der Waals surface area contributed by atoms with E-state index in [4.69, 9.17) is 9.47 Å². The number of rotatable bonds is 6. The van der Waals surface area contributed by atoms with E-state index in [1.807, 2.05) is 0 Å². The average Bonchev–Trinajstić information content (AvgIpc) is 3.27. The van der Waals surface area contributed by atoms with Crippen molar-refractivity contribution in [3.63, 3.8) is 0 Å². The lowest BCUT2D eigenvalue weighted by molar-refractivity contribution is -0.151. The van der Waals surface area contributed by atoms with Crippen LogP contribution in [0.1, 0.15) is 52.4 Å². The second-order valence-corrected chi connectivity index (χ2v) is 8.06. The molecular weight excluding hydrogens is 304 g/mol. The quantitative estimate of drug-likeness (QED) is 0.745. The number of likely N-dealkylation sites (N-methyl/N-ethyl adjacent to an activating group) is 1. The molecule has 3 fully saturated rings. The molecule has 24 heavy (non-hydrogen) atoms. The van der Waals surface area contributed by atoms with Crippen LogP contribution in [-0.2, 0) is 14.3 Å². The zero-order chi connectivity index (χ0) is 17.1. The summed E-state index contributed by atoms with van der Waals surface area (Å²) in [6.45, 7) is 7.61. The Bertz CT molecular complexity index is 423. The molecule has 4 atom stereocenters. The Labute approximate surface area is 146 Å². The van der Waals surface area contributed by atoms with Crippen molar-refractivity contribution in [1.29, 1.82) is 0 Å². The third kappa shape index (κ3) is 3.94. The van der Waals surface area contributed by atoms with Crippen LogP contribution in [0.5, 0.6) is 0 Å². The zero-order valence-corrected chi connectivity index (χ0v) is 15.6. The van der Waals surface area contributed by atoms with Gasteiger partial charge in [0, 0.05) is 25.2 Å². The van der Waals surface area contributed by atoms with Crippen LogP contribution >= 0.6 is 0 Å². The molecular formula is C19H34N2O3. The van der Waals surface area contributed by atoms with Gasteiger partial charge in [0.05, 0.1) is 12.7 Å². The molecule has 1 amide bonds. The first-order chi connectivity index (χ1) is 11.6. The van der Waals surface area contributed by atoms with E-state index < -0.39 is 0 Å². The van der Waals surface area contributed by atoms with Crippen molar-refractivity contribution in [2.24, 2.45) is 5.92 Å². The molecule has 3 saturated heterocycles. The Kier molecular flexibility index (Phi) is 6.17. The van der Waals surface area contributed by atoms with Gasteiger partial charge in [-0.2, -0.15) is 0 Å². The molecule has 0 spiro atoms. The van der Waals surface area contributed by atoms with Crippen molar-refractivity contribution >= 4 is 5.91 Å². The number of nitrogens with zero attached hydrogens (tertiary/aromatic N) is 2. The van der Waals surface area contributed by atoms with Gasteiger partial charge in [0.25, 0.3) is 5.91 Å². The molecule has 0 N–H and O–H groups in total. The summed E-state index contributed by atoms with van der Waals surface area (Å²) < 4.78 is 11.7. The maximum Gasteiger partial charge on any atom is 0.252 e. The van der Waals surface area contributed by atoms with Crippen LogP contribution in [0.3, 0.4) is 0 Å². The van der Waals surface area contributed by atoms with E-state index in [9.17, 15) is 4.79 Å². The lowest BCUT2D eigenvalue weighted by Crippen LogP contribution is -2.51. The van der Waals surface area contributed by atoms with Gasteiger partial charge in [0.15, 0.2) is 0 Å². The monoisotopic (exact) mass is 338 g/mol. The highest BCUT2D eigenvalue weighted by molar-refractivity contribution is 5.82. The van der Waals surface area contributed by atoms with Gasteiger partial charge in [-0.3, -0.25) is 4.79 Å². The highest BCUT2D eigenvalue weighted by Gasteiger charge is 2.41. The molecule has 5 nitrogen and oxygen atoms in total. The van der Waals surface area contributed by atoms with Gasteiger partial charge in [-0.25, -0.2) is 0 Å². The normalized spacial score (nSPS) is 32.8. The minimum atomic E-state index is -0.332. The number of hydrogen-bond acceptors (Lipinski definition) is 4. The van der Waals surface area contributed by atoms with Gasteiger partial charge < -0.3 is 19.3 Å². The minimum absolute atomic E-state index is 0.175. The summed E-state index contributed by atoms with van der Waals surface area (Å²) in [5, 5.41) is 0. The Morgan fingerprint density at radius 2 is 1.88 bits per heavy atom. The number of amides is 1. The zero-order valence-electron chi connectivity index (χ0n) is 15.6. The van der Waals surface area contributed by atoms with Crippen molar-refractivity contribution in [3.8, 4) is 0 Å². The second kappa shape index (κ2) is 8.15. The molecule has 138 valence electrons. The number of carbonyl (C=O) groups is 1. The van der Waals surface area contributed by atoms with Crippen LogP contribution in [-0.4, -0.2) is 73.3 Å². The van der Waals surface area contributed by atoms with Crippen molar-refractivity contribution in [2.45, 2.75) is 76.7 Å². The highest BCUT2D eigenvalue weighted by atomic mass is 16.5. The van der Waals surface area contributed by atoms with Gasteiger partial charge in [-0.1, -0.05) is 13.8 Å². The van der Waals surface area contributed by atoms with Crippen molar-refractivity contribution in [2.75, 3.05) is 33.4 Å². The standard InChI is InChI=1S/C19H34N2O3/c1-14(2)18(24-13-15-7-6-12-23-15)19(22)21-11-5-9-17(21)16-8-4-10-20(16)3/h14-18H,4-13H2,1-3H3. The Morgan fingerprint density at radius 1 is 1.12 bits per heavy atom. The molecule has 3 heterocycles. The highest BCUT2D eigenvalue weighted by Crippen LogP contribution is 2.30. The second-order valence-electron chi connectivity index (χ2n) is 8.06. The predicted octanol–water partition coefficient (Wildman–Crippen LogP) is 2.29. The van der Waals surface area contributed by atoms with Crippen LogP contribution in [0.15, 0.2) is 0 Å². The number of likely N-dealkylation sites (tertiary alicyclic amines) is 2. The lowest BCUT2D eigenvalue weighted by Gasteiger charge is -2.36. The van der Waals surface area contributed by atoms with Crippen molar-refractivity contribution in [3.05, 3.63) is 0 Å². The SMILES string of the molecule is CC(C)C(OCC1CCCO1)C(=O)N1CCCC1C1CCCN1C. The largest absolute Gasteiger partial charge is 0.376 e. The lowest BCUT2D eigenvalue weighted by atomic mass is 10.0. The molecule has 4 unspecified atom stereocenters. The fourth-order valence-electron chi connectivity index (χ4n) is 4.59. The van der Waals surface area contributed by atoms with E-state index in [0.29, 0.717) is 18.7 Å². The summed E-state index contributed by atoms with van der Waals surface area (Å²) in [5.41, 5.74) is 0. The van der Waals surface area contributed by atoms with Gasteiger partial charge in [-0.05, 0) is 58.0 Å². The Morgan fingerprint density at radius 3 is 2.50 bits per heavy atom. The van der Waals surface area contributed by atoms with Crippen molar-refractivity contribution in [1.82, 2.24) is 9.80 Å². The molecule has 0 aromatic rings. The third-order valence-corrected chi connectivity index (χ3v) is 5.94. The summed E-state index contributed by atoms with van der Waals surface area (Å²) >= 11 is 0. The first-order valence-electron chi connectivity index (χ1n) is 9.82. The maximum atomic E-state index is 13.2. The van der Waals surface area contributed by atoms with Crippen LogP contribution in [0.4, 0.5) is 0 Å². The summed E-state index contributed by atoms with van der Waals surface area (Å²) in [6, 6.07) is 0.903.